The summed E-state index contributed by atoms with van der Waals surface area (Å²) in [7, 11) is 0. The number of rotatable bonds is 3. The maximum Gasteiger partial charge on any atom is 0.222 e. The number of anilines is 1. The van der Waals surface area contributed by atoms with Gasteiger partial charge in [-0.25, -0.2) is 9.97 Å². The Morgan fingerprint density at radius 3 is 2.24 bits per heavy atom. The second-order valence-electron chi connectivity index (χ2n) is 6.24. The molecule has 1 N–H and O–H groups in total. The van der Waals surface area contributed by atoms with Crippen LogP contribution < -0.4 is 5.32 Å². The first-order valence-corrected chi connectivity index (χ1v) is 6.71. The molecular formula is C14H21N3. The van der Waals surface area contributed by atoms with Gasteiger partial charge in [0.2, 0.25) is 5.95 Å². The van der Waals surface area contributed by atoms with Crippen LogP contribution in [0.3, 0.4) is 0 Å². The van der Waals surface area contributed by atoms with Crippen molar-refractivity contribution in [2.75, 3.05) is 11.9 Å². The fourth-order valence-electron chi connectivity index (χ4n) is 2.92. The molecule has 1 aromatic rings. The summed E-state index contributed by atoms with van der Waals surface area (Å²) in [5.41, 5.74) is 1.22. The Morgan fingerprint density at radius 1 is 1.06 bits per heavy atom. The molecule has 1 heterocycles. The number of hydrogen-bond donors (Lipinski definition) is 1. The first kappa shape index (κ1) is 11.0. The Morgan fingerprint density at radius 2 is 1.65 bits per heavy atom. The van der Waals surface area contributed by atoms with Crippen molar-refractivity contribution < 1.29 is 0 Å². The van der Waals surface area contributed by atoms with Gasteiger partial charge >= 0.3 is 0 Å². The zero-order chi connectivity index (χ0) is 11.8. The van der Waals surface area contributed by atoms with E-state index in [0.717, 1.165) is 17.9 Å². The molecule has 0 radical (unpaired) electrons. The van der Waals surface area contributed by atoms with E-state index >= 15 is 0 Å². The Balaban J connectivity index is 1.54. The van der Waals surface area contributed by atoms with Gasteiger partial charge in [-0.1, -0.05) is 6.92 Å². The second-order valence-corrected chi connectivity index (χ2v) is 6.24. The lowest BCUT2D eigenvalue weighted by molar-refractivity contribution is 0.170. The van der Waals surface area contributed by atoms with E-state index in [4.69, 9.17) is 0 Å². The maximum atomic E-state index is 4.21. The Bertz CT molecular complexity index is 374. The molecule has 2 aliphatic carbocycles. The molecule has 0 atom stereocenters. The van der Waals surface area contributed by atoms with Crippen LogP contribution in [0.1, 0.15) is 45.4 Å². The summed E-state index contributed by atoms with van der Waals surface area (Å²) in [4.78, 5) is 8.43. The number of hydrogen-bond acceptors (Lipinski definition) is 3. The summed E-state index contributed by atoms with van der Waals surface area (Å²) in [6.45, 7) is 3.41. The number of aromatic nitrogens is 2. The third-order valence-electron chi connectivity index (χ3n) is 4.71. The lowest BCUT2D eigenvalue weighted by Gasteiger charge is -2.37. The molecule has 3 heteroatoms. The molecule has 1 spiro atoms. The fraction of sp³-hybridized carbons (Fsp3) is 0.714. The van der Waals surface area contributed by atoms with Crippen molar-refractivity contribution in [2.24, 2.45) is 10.8 Å². The van der Waals surface area contributed by atoms with Gasteiger partial charge < -0.3 is 5.32 Å². The predicted octanol–water partition coefficient (Wildman–Crippen LogP) is 3.25. The lowest BCUT2D eigenvalue weighted by Crippen LogP contribution is -2.32. The highest BCUT2D eigenvalue weighted by atomic mass is 15.1. The zero-order valence-electron chi connectivity index (χ0n) is 10.6. The van der Waals surface area contributed by atoms with Gasteiger partial charge in [0.15, 0.2) is 0 Å². The predicted molar refractivity (Wildman–Crippen MR) is 68.8 cm³/mol. The summed E-state index contributed by atoms with van der Waals surface area (Å²) in [6.07, 6.45) is 12.1. The monoisotopic (exact) mass is 231 g/mol. The van der Waals surface area contributed by atoms with E-state index in [9.17, 15) is 0 Å². The standard InChI is InChI=1S/C14H21N3/c1-13(3-5-14(6-4-13)7-8-14)11-17-12-15-9-2-10-16-12/h2,9-10H,3-8,11H2,1H3,(H,15,16,17). The SMILES string of the molecule is CC1(CNc2ncccn2)CCC2(CC1)CC2. The van der Waals surface area contributed by atoms with Crippen molar-refractivity contribution in [3.05, 3.63) is 18.5 Å². The molecule has 17 heavy (non-hydrogen) atoms. The van der Waals surface area contributed by atoms with E-state index < -0.39 is 0 Å². The molecular weight excluding hydrogens is 210 g/mol. The lowest BCUT2D eigenvalue weighted by atomic mass is 9.70. The van der Waals surface area contributed by atoms with Gasteiger partial charge in [0.1, 0.15) is 0 Å². The van der Waals surface area contributed by atoms with Crippen molar-refractivity contribution in [1.82, 2.24) is 9.97 Å². The van der Waals surface area contributed by atoms with Crippen LogP contribution in [-0.4, -0.2) is 16.5 Å². The molecule has 2 aliphatic rings. The van der Waals surface area contributed by atoms with Crippen LogP contribution in [-0.2, 0) is 0 Å². The van der Waals surface area contributed by atoms with Crippen LogP contribution in [0.2, 0.25) is 0 Å². The van der Waals surface area contributed by atoms with Crippen molar-refractivity contribution in [3.63, 3.8) is 0 Å². The molecule has 0 aromatic carbocycles. The Hall–Kier alpha value is -1.12. The van der Waals surface area contributed by atoms with E-state index in [2.05, 4.69) is 22.2 Å². The van der Waals surface area contributed by atoms with Crippen molar-refractivity contribution >= 4 is 5.95 Å². The molecule has 0 bridgehead atoms. The molecule has 0 aliphatic heterocycles. The zero-order valence-corrected chi connectivity index (χ0v) is 10.6. The first-order valence-electron chi connectivity index (χ1n) is 6.71. The minimum absolute atomic E-state index is 0.438. The second kappa shape index (κ2) is 3.97. The van der Waals surface area contributed by atoms with Crippen LogP contribution >= 0.6 is 0 Å². The largest absolute Gasteiger partial charge is 0.354 e. The smallest absolute Gasteiger partial charge is 0.222 e. The summed E-state index contributed by atoms with van der Waals surface area (Å²) in [6, 6.07) is 1.85. The number of nitrogens with zero attached hydrogens (tertiary/aromatic N) is 2. The van der Waals surface area contributed by atoms with Crippen molar-refractivity contribution in [2.45, 2.75) is 45.4 Å². The molecule has 2 saturated carbocycles. The Kier molecular flexibility index (Phi) is 2.57. The normalized spacial score (nSPS) is 24.5. The summed E-state index contributed by atoms with van der Waals surface area (Å²) >= 11 is 0. The van der Waals surface area contributed by atoms with E-state index in [-0.39, 0.29) is 0 Å². The molecule has 3 nitrogen and oxygen atoms in total. The van der Waals surface area contributed by atoms with Gasteiger partial charge in [0.25, 0.3) is 0 Å². The van der Waals surface area contributed by atoms with Gasteiger partial charge in [0.05, 0.1) is 0 Å². The van der Waals surface area contributed by atoms with Crippen LogP contribution in [0.15, 0.2) is 18.5 Å². The fourth-order valence-corrected chi connectivity index (χ4v) is 2.92. The first-order chi connectivity index (χ1) is 8.20. The van der Waals surface area contributed by atoms with Crippen LogP contribution in [0.25, 0.3) is 0 Å². The highest BCUT2D eigenvalue weighted by molar-refractivity contribution is 5.22. The summed E-state index contributed by atoms with van der Waals surface area (Å²) in [5.74, 6) is 0.764. The molecule has 0 unspecified atom stereocenters. The Labute approximate surface area is 103 Å². The molecule has 1 aromatic heterocycles. The third-order valence-corrected chi connectivity index (χ3v) is 4.71. The van der Waals surface area contributed by atoms with Gasteiger partial charge in [-0.3, -0.25) is 0 Å². The molecule has 0 saturated heterocycles. The molecule has 92 valence electrons. The van der Waals surface area contributed by atoms with Crippen LogP contribution in [0.4, 0.5) is 5.95 Å². The van der Waals surface area contributed by atoms with E-state index in [1.54, 1.807) is 12.4 Å². The van der Waals surface area contributed by atoms with Gasteiger partial charge in [-0.05, 0) is 55.4 Å². The molecule has 2 fully saturated rings. The van der Waals surface area contributed by atoms with E-state index in [1.807, 2.05) is 6.07 Å². The topological polar surface area (TPSA) is 37.8 Å². The van der Waals surface area contributed by atoms with Crippen LogP contribution in [0, 0.1) is 10.8 Å². The highest BCUT2D eigenvalue weighted by Gasteiger charge is 2.47. The van der Waals surface area contributed by atoms with Crippen molar-refractivity contribution in [1.29, 1.82) is 0 Å². The average molecular weight is 231 g/mol. The maximum absolute atomic E-state index is 4.21. The van der Waals surface area contributed by atoms with E-state index in [0.29, 0.717) is 5.41 Å². The molecule has 0 amide bonds. The third kappa shape index (κ3) is 2.43. The highest BCUT2D eigenvalue weighted by Crippen LogP contribution is 2.59. The quantitative estimate of drug-likeness (QED) is 0.867. The van der Waals surface area contributed by atoms with Gasteiger partial charge in [0, 0.05) is 18.9 Å². The summed E-state index contributed by atoms with van der Waals surface area (Å²) in [5, 5.41) is 3.38. The number of nitrogens with one attached hydrogen (secondary N) is 1. The minimum atomic E-state index is 0.438. The van der Waals surface area contributed by atoms with Crippen LogP contribution in [0.5, 0.6) is 0 Å². The van der Waals surface area contributed by atoms with Crippen molar-refractivity contribution in [3.8, 4) is 0 Å². The molecule has 3 rings (SSSR count). The summed E-state index contributed by atoms with van der Waals surface area (Å²) < 4.78 is 0. The minimum Gasteiger partial charge on any atom is -0.354 e. The van der Waals surface area contributed by atoms with Gasteiger partial charge in [-0.2, -0.15) is 0 Å². The average Bonchev–Trinajstić information content (AvgIpc) is 3.13. The van der Waals surface area contributed by atoms with E-state index in [1.165, 1.54) is 38.5 Å². The van der Waals surface area contributed by atoms with Gasteiger partial charge in [-0.15, -0.1) is 0 Å².